The molecule has 1 atom stereocenters. The lowest BCUT2D eigenvalue weighted by molar-refractivity contribution is -0.121. The lowest BCUT2D eigenvalue weighted by Crippen LogP contribution is -2.53. The summed E-state index contributed by atoms with van der Waals surface area (Å²) in [5, 5.41) is 16.5. The van der Waals surface area contributed by atoms with Gasteiger partial charge in [-0.05, 0) is 43.2 Å². The van der Waals surface area contributed by atoms with Crippen LogP contribution in [0.2, 0.25) is 0 Å². The van der Waals surface area contributed by atoms with Crippen LogP contribution in [0, 0.1) is 19.7 Å². The summed E-state index contributed by atoms with van der Waals surface area (Å²) in [5.41, 5.74) is 2.94. The van der Waals surface area contributed by atoms with Gasteiger partial charge in [-0.2, -0.15) is 0 Å². The molecule has 0 bridgehead atoms. The van der Waals surface area contributed by atoms with Gasteiger partial charge in [0.2, 0.25) is 11.8 Å². The number of aryl methyl sites for hydroxylation is 2. The molecule has 0 aliphatic carbocycles. The van der Waals surface area contributed by atoms with Crippen molar-refractivity contribution in [2.45, 2.75) is 37.9 Å². The number of anilines is 1. The summed E-state index contributed by atoms with van der Waals surface area (Å²) < 4.78 is 15.7. The zero-order valence-electron chi connectivity index (χ0n) is 18.6. The second kappa shape index (κ2) is 10.0. The Balaban J connectivity index is 1.58. The van der Waals surface area contributed by atoms with Crippen molar-refractivity contribution in [3.8, 4) is 5.69 Å². The van der Waals surface area contributed by atoms with Crippen molar-refractivity contribution in [3.63, 3.8) is 0 Å². The Morgan fingerprint density at radius 1 is 1.21 bits per heavy atom. The Morgan fingerprint density at radius 2 is 2.00 bits per heavy atom. The van der Waals surface area contributed by atoms with Crippen molar-refractivity contribution in [1.82, 2.24) is 25.4 Å². The molecule has 0 radical (unpaired) electrons. The van der Waals surface area contributed by atoms with Crippen molar-refractivity contribution in [3.05, 3.63) is 65.2 Å². The van der Waals surface area contributed by atoms with Gasteiger partial charge in [0.15, 0.2) is 5.16 Å². The van der Waals surface area contributed by atoms with Gasteiger partial charge in [0.25, 0.3) is 0 Å². The zero-order chi connectivity index (χ0) is 24.2. The first kappa shape index (κ1) is 23.4. The van der Waals surface area contributed by atoms with E-state index in [9.17, 15) is 18.8 Å². The van der Waals surface area contributed by atoms with Crippen LogP contribution < -0.4 is 16.0 Å². The van der Waals surface area contributed by atoms with Gasteiger partial charge in [0.05, 0.1) is 17.1 Å². The number of amides is 4. The van der Waals surface area contributed by atoms with E-state index in [2.05, 4.69) is 26.1 Å². The van der Waals surface area contributed by atoms with Gasteiger partial charge in [-0.3, -0.25) is 19.5 Å². The minimum atomic E-state index is -0.543. The summed E-state index contributed by atoms with van der Waals surface area (Å²) in [6.07, 6.45) is 0.403. The predicted molar refractivity (Wildman–Crippen MR) is 125 cm³/mol. The highest BCUT2D eigenvalue weighted by Gasteiger charge is 2.27. The third kappa shape index (κ3) is 5.42. The quantitative estimate of drug-likeness (QED) is 0.446. The number of thioether (sulfide) groups is 1. The van der Waals surface area contributed by atoms with E-state index in [-0.39, 0.29) is 36.1 Å². The van der Waals surface area contributed by atoms with Crippen LogP contribution in [-0.4, -0.2) is 44.4 Å². The van der Waals surface area contributed by atoms with Gasteiger partial charge >= 0.3 is 6.03 Å². The van der Waals surface area contributed by atoms with E-state index in [0.29, 0.717) is 11.0 Å². The van der Waals surface area contributed by atoms with Crippen LogP contribution in [0.3, 0.4) is 0 Å². The number of urea groups is 1. The molecule has 3 aromatic rings. The maximum absolute atomic E-state index is 13.9. The normalized spacial score (nSPS) is 15.6. The molecule has 1 unspecified atom stereocenters. The first-order chi connectivity index (χ1) is 16.3. The number of hydrogen-bond donors (Lipinski definition) is 3. The third-order valence-electron chi connectivity index (χ3n) is 5.24. The molecule has 2 aromatic carbocycles. The van der Waals surface area contributed by atoms with Crippen molar-refractivity contribution < 1.29 is 18.8 Å². The molecule has 1 aliphatic rings. The molecule has 1 fully saturated rings. The van der Waals surface area contributed by atoms with Gasteiger partial charge in [-0.25, -0.2) is 9.18 Å². The number of benzene rings is 2. The number of imide groups is 1. The van der Waals surface area contributed by atoms with Crippen LogP contribution in [0.4, 0.5) is 14.9 Å². The van der Waals surface area contributed by atoms with E-state index in [0.717, 1.165) is 28.6 Å². The number of aromatic nitrogens is 3. The van der Waals surface area contributed by atoms with Crippen molar-refractivity contribution in [2.75, 3.05) is 11.1 Å². The first-order valence-electron chi connectivity index (χ1n) is 10.6. The van der Waals surface area contributed by atoms with Crippen LogP contribution in [-0.2, 0) is 16.0 Å². The van der Waals surface area contributed by atoms with Crippen LogP contribution in [0.25, 0.3) is 5.69 Å². The van der Waals surface area contributed by atoms with Crippen molar-refractivity contribution >= 4 is 35.3 Å². The van der Waals surface area contributed by atoms with E-state index < -0.39 is 17.9 Å². The number of nitrogens with one attached hydrogen (secondary N) is 3. The summed E-state index contributed by atoms with van der Waals surface area (Å²) >= 11 is 1.16. The molecule has 0 spiro atoms. The Bertz CT molecular complexity index is 1250. The molecular weight excluding hydrogens is 459 g/mol. The molecule has 4 amide bonds. The summed E-state index contributed by atoms with van der Waals surface area (Å²) in [7, 11) is 0. The highest BCUT2D eigenvalue weighted by Crippen LogP contribution is 2.26. The molecule has 1 aromatic heterocycles. The lowest BCUT2D eigenvalue weighted by Gasteiger charge is -2.23. The molecular formula is C23H23FN6O3S. The Morgan fingerprint density at radius 3 is 2.76 bits per heavy atom. The lowest BCUT2D eigenvalue weighted by atomic mass is 10.1. The number of halogens is 1. The highest BCUT2D eigenvalue weighted by molar-refractivity contribution is 7.99. The fourth-order valence-electron chi connectivity index (χ4n) is 3.62. The maximum Gasteiger partial charge on any atom is 0.321 e. The van der Waals surface area contributed by atoms with Gasteiger partial charge in [0.1, 0.15) is 11.6 Å². The standard InChI is InChI=1S/C23H23FN6O3S/c1-13-7-8-14(2)18(9-13)30-19(10-15-11-20(31)27-22(33)25-15)28-29-23(30)34-12-21(32)26-17-6-4-3-5-16(17)24/h3-9,15H,10-12H2,1-2H3,(H,26,32)(H2,25,27,31,33). The highest BCUT2D eigenvalue weighted by atomic mass is 32.2. The minimum Gasteiger partial charge on any atom is -0.334 e. The summed E-state index contributed by atoms with van der Waals surface area (Å²) in [5.74, 6) is -0.722. The fourth-order valence-corrected chi connectivity index (χ4v) is 4.39. The molecule has 1 aliphatic heterocycles. The van der Waals surface area contributed by atoms with E-state index in [1.165, 1.54) is 12.1 Å². The number of hydrogen-bond acceptors (Lipinski definition) is 6. The van der Waals surface area contributed by atoms with Gasteiger partial charge in [0, 0.05) is 18.9 Å². The van der Waals surface area contributed by atoms with Crippen molar-refractivity contribution in [1.29, 1.82) is 0 Å². The summed E-state index contributed by atoms with van der Waals surface area (Å²) in [4.78, 5) is 36.0. The van der Waals surface area contributed by atoms with Gasteiger partial charge in [-0.1, -0.05) is 36.0 Å². The SMILES string of the molecule is Cc1ccc(C)c(-n2c(CC3CC(=O)NC(=O)N3)nnc2SCC(=O)Nc2ccccc2F)c1. The second-order valence-electron chi connectivity index (χ2n) is 7.97. The number of rotatable bonds is 7. The molecule has 0 saturated carbocycles. The van der Waals surface area contributed by atoms with Crippen molar-refractivity contribution in [2.24, 2.45) is 0 Å². The molecule has 4 rings (SSSR count). The molecule has 11 heteroatoms. The molecule has 9 nitrogen and oxygen atoms in total. The number of carbonyl (C=O) groups excluding carboxylic acids is 3. The predicted octanol–water partition coefficient (Wildman–Crippen LogP) is 2.89. The number of carbonyl (C=O) groups is 3. The molecule has 1 saturated heterocycles. The first-order valence-corrected chi connectivity index (χ1v) is 11.6. The summed E-state index contributed by atoms with van der Waals surface area (Å²) in [6.45, 7) is 3.92. The van der Waals surface area contributed by atoms with E-state index in [4.69, 9.17) is 0 Å². The Kier molecular flexibility index (Phi) is 6.92. The topological polar surface area (TPSA) is 118 Å². The van der Waals surface area contributed by atoms with Crippen LogP contribution in [0.5, 0.6) is 0 Å². The maximum atomic E-state index is 13.9. The van der Waals surface area contributed by atoms with Crippen LogP contribution >= 0.6 is 11.8 Å². The summed E-state index contributed by atoms with van der Waals surface area (Å²) in [6, 6.07) is 10.9. The minimum absolute atomic E-state index is 0.0140. The largest absolute Gasteiger partial charge is 0.334 e. The third-order valence-corrected chi connectivity index (χ3v) is 6.16. The van der Waals surface area contributed by atoms with E-state index in [1.54, 1.807) is 12.1 Å². The average molecular weight is 483 g/mol. The Hall–Kier alpha value is -3.73. The zero-order valence-corrected chi connectivity index (χ0v) is 19.4. The van der Waals surface area contributed by atoms with Crippen LogP contribution in [0.15, 0.2) is 47.6 Å². The molecule has 34 heavy (non-hydrogen) atoms. The molecule has 176 valence electrons. The fraction of sp³-hybridized carbons (Fsp3) is 0.261. The molecule has 2 heterocycles. The smallest absolute Gasteiger partial charge is 0.321 e. The second-order valence-corrected chi connectivity index (χ2v) is 8.91. The molecule has 3 N–H and O–H groups in total. The van der Waals surface area contributed by atoms with E-state index in [1.807, 2.05) is 36.6 Å². The van der Waals surface area contributed by atoms with Gasteiger partial charge < -0.3 is 10.6 Å². The van der Waals surface area contributed by atoms with Crippen LogP contribution in [0.1, 0.15) is 23.4 Å². The number of nitrogens with zero attached hydrogens (tertiary/aromatic N) is 3. The Labute approximate surface area is 199 Å². The van der Waals surface area contributed by atoms with E-state index >= 15 is 0 Å². The number of para-hydroxylation sites is 1. The monoisotopic (exact) mass is 482 g/mol. The van der Waals surface area contributed by atoms with Gasteiger partial charge in [-0.15, -0.1) is 10.2 Å². The average Bonchev–Trinajstić information content (AvgIpc) is 3.17.